The number of hydrogen-bond donors (Lipinski definition) is 0. The molecular weight excluding hydrogens is 388 g/mol. The Balaban J connectivity index is 0.933. The van der Waals surface area contributed by atoms with Gasteiger partial charge in [0.15, 0.2) is 0 Å². The molecule has 4 heterocycles. The first-order valence-corrected chi connectivity index (χ1v) is 11.5. The van der Waals surface area contributed by atoms with Gasteiger partial charge in [0.2, 0.25) is 23.6 Å². The third-order valence-corrected chi connectivity index (χ3v) is 8.14. The van der Waals surface area contributed by atoms with Crippen molar-refractivity contribution in [1.82, 2.24) is 9.80 Å². The number of unbranched alkanes of at least 4 members (excludes halogenated alkanes) is 3. The highest BCUT2D eigenvalue weighted by molar-refractivity contribution is 6.06. The molecule has 6 rings (SSSR count). The molecule has 6 fully saturated rings. The standard InChI is InChI=1S/C22H28N2O6/c25-19-11-7-15-16(29-15)8-12(11)20(26)23(19)5-3-1-2-4-6-24-21(27)13-9-17-18(30-17)10-14(13)22(24)28/h11-18H,1-10H2. The molecular formula is C22H28N2O6. The average molecular weight is 416 g/mol. The van der Waals surface area contributed by atoms with Gasteiger partial charge in [-0.05, 0) is 38.5 Å². The smallest absolute Gasteiger partial charge is 0.233 e. The molecule has 0 aromatic carbocycles. The molecule has 30 heavy (non-hydrogen) atoms. The number of amides is 4. The predicted octanol–water partition coefficient (Wildman–Crippen LogP) is 0.872. The number of hydrogen-bond acceptors (Lipinski definition) is 6. The van der Waals surface area contributed by atoms with Crippen molar-refractivity contribution in [3.63, 3.8) is 0 Å². The highest BCUT2D eigenvalue weighted by atomic mass is 16.6. The molecule has 8 unspecified atom stereocenters. The van der Waals surface area contributed by atoms with Crippen LogP contribution in [0.4, 0.5) is 0 Å². The van der Waals surface area contributed by atoms with Gasteiger partial charge < -0.3 is 9.47 Å². The van der Waals surface area contributed by atoms with Crippen LogP contribution in [0.1, 0.15) is 51.4 Å². The third kappa shape index (κ3) is 2.94. The Bertz CT molecular complexity index is 691. The molecule has 0 spiro atoms. The van der Waals surface area contributed by atoms with Crippen molar-refractivity contribution in [3.8, 4) is 0 Å². The minimum absolute atomic E-state index is 0.0168. The Morgan fingerprint density at radius 1 is 0.533 bits per heavy atom. The topological polar surface area (TPSA) is 99.8 Å². The van der Waals surface area contributed by atoms with E-state index in [4.69, 9.17) is 9.47 Å². The van der Waals surface area contributed by atoms with E-state index in [2.05, 4.69) is 0 Å². The zero-order valence-electron chi connectivity index (χ0n) is 17.0. The summed E-state index contributed by atoms with van der Waals surface area (Å²) in [4.78, 5) is 53.3. The number of imide groups is 2. The van der Waals surface area contributed by atoms with Crippen molar-refractivity contribution in [2.45, 2.75) is 75.8 Å². The first-order valence-electron chi connectivity index (χ1n) is 11.5. The monoisotopic (exact) mass is 416 g/mol. The highest BCUT2D eigenvalue weighted by Crippen LogP contribution is 2.48. The molecule has 0 N–H and O–H groups in total. The summed E-state index contributed by atoms with van der Waals surface area (Å²) < 4.78 is 11.0. The van der Waals surface area contributed by atoms with Crippen LogP contribution < -0.4 is 0 Å². The van der Waals surface area contributed by atoms with Gasteiger partial charge in [-0.15, -0.1) is 0 Å². The van der Waals surface area contributed by atoms with Gasteiger partial charge in [-0.2, -0.15) is 0 Å². The second-order valence-corrected chi connectivity index (χ2v) is 9.87. The SMILES string of the molecule is O=C1C2CC3OC3CC2C(=O)N1CCCCCCN1C(=O)C2CC3OC3CC2C1=O. The molecule has 0 bridgehead atoms. The zero-order valence-corrected chi connectivity index (χ0v) is 17.0. The number of fused-ring (bicyclic) bond motifs is 4. The number of carbonyl (C=O) groups excluding carboxylic acids is 4. The first-order chi connectivity index (χ1) is 14.5. The molecule has 2 aliphatic carbocycles. The zero-order chi connectivity index (χ0) is 20.6. The molecule has 162 valence electrons. The second-order valence-electron chi connectivity index (χ2n) is 9.87. The van der Waals surface area contributed by atoms with Gasteiger partial charge in [0.1, 0.15) is 0 Å². The van der Waals surface area contributed by atoms with Gasteiger partial charge >= 0.3 is 0 Å². The Hall–Kier alpha value is -1.80. The Morgan fingerprint density at radius 2 is 0.833 bits per heavy atom. The van der Waals surface area contributed by atoms with Gasteiger partial charge in [-0.3, -0.25) is 29.0 Å². The van der Waals surface area contributed by atoms with Crippen LogP contribution in [0.25, 0.3) is 0 Å². The van der Waals surface area contributed by atoms with Crippen LogP contribution in [0.5, 0.6) is 0 Å². The molecule has 8 atom stereocenters. The number of ether oxygens (including phenoxy) is 2. The van der Waals surface area contributed by atoms with Gasteiger partial charge in [-0.1, -0.05) is 12.8 Å². The fourth-order valence-corrected chi connectivity index (χ4v) is 6.29. The lowest BCUT2D eigenvalue weighted by Crippen LogP contribution is -2.32. The first kappa shape index (κ1) is 18.9. The number of nitrogens with zero attached hydrogens (tertiary/aromatic N) is 2. The van der Waals surface area contributed by atoms with Crippen molar-refractivity contribution in [2.24, 2.45) is 23.7 Å². The second kappa shape index (κ2) is 6.85. The summed E-state index contributed by atoms with van der Waals surface area (Å²) in [6.45, 7) is 0.963. The number of epoxide rings is 2. The van der Waals surface area contributed by atoms with Gasteiger partial charge in [0.25, 0.3) is 0 Å². The van der Waals surface area contributed by atoms with E-state index in [1.54, 1.807) is 0 Å². The van der Waals surface area contributed by atoms with Gasteiger partial charge in [0, 0.05) is 13.1 Å². The van der Waals surface area contributed by atoms with E-state index in [0.717, 1.165) is 25.7 Å². The van der Waals surface area contributed by atoms with Crippen LogP contribution in [0.15, 0.2) is 0 Å². The average Bonchev–Trinajstić information content (AvgIpc) is 3.63. The van der Waals surface area contributed by atoms with E-state index in [1.165, 1.54) is 9.80 Å². The lowest BCUT2D eigenvalue weighted by atomic mass is 9.81. The maximum atomic E-state index is 12.6. The minimum atomic E-state index is -0.173. The van der Waals surface area contributed by atoms with E-state index in [9.17, 15) is 19.2 Å². The summed E-state index contributed by atoms with van der Waals surface area (Å²) in [5.41, 5.74) is 0. The van der Waals surface area contributed by atoms with Crippen molar-refractivity contribution in [3.05, 3.63) is 0 Å². The Labute approximate surface area is 175 Å². The summed E-state index contributed by atoms with van der Waals surface area (Å²) in [6.07, 6.45) is 6.87. The van der Waals surface area contributed by atoms with Crippen LogP contribution in [0.3, 0.4) is 0 Å². The van der Waals surface area contributed by atoms with E-state index >= 15 is 0 Å². The highest BCUT2D eigenvalue weighted by Gasteiger charge is 2.59. The maximum Gasteiger partial charge on any atom is 0.233 e. The number of likely N-dealkylation sites (tertiary alicyclic amines) is 2. The molecule has 2 saturated carbocycles. The molecule has 4 saturated heterocycles. The van der Waals surface area contributed by atoms with Crippen molar-refractivity contribution < 1.29 is 28.7 Å². The van der Waals surface area contributed by atoms with Crippen LogP contribution >= 0.6 is 0 Å². The van der Waals surface area contributed by atoms with Crippen LogP contribution in [-0.2, 0) is 28.7 Å². The van der Waals surface area contributed by atoms with Crippen molar-refractivity contribution >= 4 is 23.6 Å². The Kier molecular flexibility index (Phi) is 4.32. The van der Waals surface area contributed by atoms with Gasteiger partial charge in [0.05, 0.1) is 48.1 Å². The predicted molar refractivity (Wildman–Crippen MR) is 102 cm³/mol. The lowest BCUT2D eigenvalue weighted by Gasteiger charge is -2.16. The maximum absolute atomic E-state index is 12.6. The van der Waals surface area contributed by atoms with E-state index in [-0.39, 0.29) is 71.7 Å². The van der Waals surface area contributed by atoms with E-state index in [1.807, 2.05) is 0 Å². The van der Waals surface area contributed by atoms with Gasteiger partial charge in [-0.25, -0.2) is 0 Å². The number of rotatable bonds is 7. The normalized spacial score (nSPS) is 43.5. The molecule has 8 nitrogen and oxygen atoms in total. The summed E-state index contributed by atoms with van der Waals surface area (Å²) in [5, 5.41) is 0. The van der Waals surface area contributed by atoms with Crippen molar-refractivity contribution in [2.75, 3.05) is 13.1 Å². The summed E-state index contributed by atoms with van der Waals surface area (Å²) >= 11 is 0. The minimum Gasteiger partial charge on any atom is -0.370 e. The summed E-state index contributed by atoms with van der Waals surface area (Å²) in [6, 6.07) is 0. The molecule has 4 amide bonds. The van der Waals surface area contributed by atoms with Crippen LogP contribution in [0.2, 0.25) is 0 Å². The molecule has 0 aromatic rings. The molecule has 6 aliphatic rings. The molecule has 0 radical (unpaired) electrons. The summed E-state index contributed by atoms with van der Waals surface area (Å²) in [7, 11) is 0. The lowest BCUT2D eigenvalue weighted by molar-refractivity contribution is -0.141. The van der Waals surface area contributed by atoms with E-state index in [0.29, 0.717) is 38.8 Å². The van der Waals surface area contributed by atoms with Crippen molar-refractivity contribution in [1.29, 1.82) is 0 Å². The number of carbonyl (C=O) groups is 4. The molecule has 4 aliphatic heterocycles. The van der Waals surface area contributed by atoms with E-state index < -0.39 is 0 Å². The summed E-state index contributed by atoms with van der Waals surface area (Å²) in [5.74, 6) is -0.758. The molecule has 0 aromatic heterocycles. The fourth-order valence-electron chi connectivity index (χ4n) is 6.29. The quantitative estimate of drug-likeness (QED) is 0.347. The Morgan fingerprint density at radius 3 is 1.13 bits per heavy atom. The van der Waals surface area contributed by atoms with Crippen LogP contribution in [0, 0.1) is 23.7 Å². The fraction of sp³-hybridized carbons (Fsp3) is 0.818. The third-order valence-electron chi connectivity index (χ3n) is 8.14. The molecule has 8 heteroatoms. The largest absolute Gasteiger partial charge is 0.370 e. The van der Waals surface area contributed by atoms with Crippen LogP contribution in [-0.4, -0.2) is 70.9 Å².